The number of quaternary nitrogens is 1. The molecule has 0 aromatic heterocycles. The number of esters is 1. The van der Waals surface area contributed by atoms with Crippen molar-refractivity contribution in [1.29, 1.82) is 0 Å². The van der Waals surface area contributed by atoms with Gasteiger partial charge in [-0.25, -0.2) is 0 Å². The average Bonchev–Trinajstić information content (AvgIpc) is 3.34. The number of carbonyl (C=O) groups is 2. The molecule has 3 atom stereocenters. The number of nitrogens with one attached hydrogen (secondary N) is 1. The van der Waals surface area contributed by atoms with Gasteiger partial charge in [0.05, 0.1) is 33.8 Å². The highest BCUT2D eigenvalue weighted by Gasteiger charge is 2.27. The van der Waals surface area contributed by atoms with Crippen molar-refractivity contribution in [1.82, 2.24) is 5.32 Å². The van der Waals surface area contributed by atoms with Crippen LogP contribution in [0.15, 0.2) is 36.5 Å². The molecule has 0 fully saturated rings. The molecule has 3 unspecified atom stereocenters. The van der Waals surface area contributed by atoms with Gasteiger partial charge in [-0.2, -0.15) is 0 Å². The van der Waals surface area contributed by atoms with Gasteiger partial charge >= 0.3 is 5.97 Å². The number of ether oxygens (including phenoxy) is 1. The number of nitrogens with zero attached hydrogens (tertiary/aromatic N) is 1. The maximum absolute atomic E-state index is 13.5. The lowest BCUT2D eigenvalue weighted by Crippen LogP contribution is -2.47. The summed E-state index contributed by atoms with van der Waals surface area (Å²) in [5, 5.41) is 3.01. The Morgan fingerprint density at radius 1 is 0.486 bits per heavy atom. The molecule has 72 heavy (non-hydrogen) atoms. The second-order valence-electron chi connectivity index (χ2n) is 22.2. The number of rotatable bonds is 56. The van der Waals surface area contributed by atoms with E-state index in [0.717, 1.165) is 64.2 Å². The van der Waals surface area contributed by atoms with Gasteiger partial charge in [0, 0.05) is 12.8 Å². The number of amides is 1. The molecule has 0 spiro atoms. The Morgan fingerprint density at radius 3 is 1.24 bits per heavy atom. The molecule has 1 amide bonds. The van der Waals surface area contributed by atoms with Gasteiger partial charge in [0.25, 0.3) is 7.82 Å². The van der Waals surface area contributed by atoms with Crippen molar-refractivity contribution in [2.45, 2.75) is 309 Å². The lowest BCUT2D eigenvalue weighted by molar-refractivity contribution is -0.870. The summed E-state index contributed by atoms with van der Waals surface area (Å²) in [4.78, 5) is 39.9. The molecular weight excluding hydrogens is 916 g/mol. The highest BCUT2D eigenvalue weighted by molar-refractivity contribution is 7.45. The zero-order chi connectivity index (χ0) is 52.9. The molecule has 424 valence electrons. The number of carbonyl (C=O) groups excluding carboxylic acids is 2. The first kappa shape index (κ1) is 70.2. The number of phosphoric acid groups is 1. The van der Waals surface area contributed by atoms with E-state index in [-0.39, 0.29) is 31.3 Å². The Balaban J connectivity index is 5.24. The van der Waals surface area contributed by atoms with Crippen molar-refractivity contribution in [3.8, 4) is 0 Å². The summed E-state index contributed by atoms with van der Waals surface area (Å²) in [7, 11) is 1.18. The third-order valence-electron chi connectivity index (χ3n) is 13.9. The molecule has 0 aliphatic carbocycles. The van der Waals surface area contributed by atoms with Crippen LogP contribution in [0.4, 0.5) is 0 Å². The number of phosphoric ester groups is 1. The van der Waals surface area contributed by atoms with Crippen LogP contribution < -0.4 is 10.2 Å². The Morgan fingerprint density at radius 2 is 0.833 bits per heavy atom. The standard InChI is InChI=1S/C62H119N2O7P/c1-7-10-13-16-19-22-25-27-29-31-32-33-35-37-40-43-46-49-52-55-62(66)71-60(53-50-47-44-41-38-24-21-18-15-12-9-3)59(58-70-72(67,68)69-57-56-64(4,5)6)63-61(65)54-51-48-45-42-39-36-34-30-28-26-23-20-17-14-11-8-2/h30,34,36,39,50,53,59-60H,7-29,31-33,35,37-38,40-49,51-52,54-58H2,1-6H3,(H-,63,65,67,68)/b34-30+,39-36+,53-50+. The molecule has 10 heteroatoms. The Kier molecular flexibility index (Phi) is 51.4. The minimum Gasteiger partial charge on any atom is -0.756 e. The summed E-state index contributed by atoms with van der Waals surface area (Å²) in [5.74, 6) is -0.560. The van der Waals surface area contributed by atoms with Crippen molar-refractivity contribution >= 4 is 19.7 Å². The third-order valence-corrected chi connectivity index (χ3v) is 14.8. The molecule has 9 nitrogen and oxygen atoms in total. The summed E-state index contributed by atoms with van der Waals surface area (Å²) in [5.41, 5.74) is 0. The first-order valence-electron chi connectivity index (χ1n) is 30.8. The largest absolute Gasteiger partial charge is 0.756 e. The second kappa shape index (κ2) is 52.7. The number of unbranched alkanes of at least 4 members (excludes halogenated alkanes) is 37. The van der Waals surface area contributed by atoms with Crippen LogP contribution in [0, 0.1) is 0 Å². The molecule has 1 N–H and O–H groups in total. The van der Waals surface area contributed by atoms with E-state index in [1.54, 1.807) is 0 Å². The van der Waals surface area contributed by atoms with Gasteiger partial charge in [0.15, 0.2) is 0 Å². The maximum Gasteiger partial charge on any atom is 0.306 e. The van der Waals surface area contributed by atoms with Crippen molar-refractivity contribution in [3.05, 3.63) is 36.5 Å². The van der Waals surface area contributed by atoms with Gasteiger partial charge in [-0.1, -0.05) is 263 Å². The fourth-order valence-corrected chi connectivity index (χ4v) is 9.77. The van der Waals surface area contributed by atoms with Crippen molar-refractivity contribution in [2.24, 2.45) is 0 Å². The highest BCUT2D eigenvalue weighted by Crippen LogP contribution is 2.38. The number of hydrogen-bond donors (Lipinski definition) is 1. The van der Waals surface area contributed by atoms with Crippen LogP contribution in [0.25, 0.3) is 0 Å². The second-order valence-corrected chi connectivity index (χ2v) is 23.7. The summed E-state index contributed by atoms with van der Waals surface area (Å²) in [6.07, 6.45) is 62.6. The van der Waals surface area contributed by atoms with Gasteiger partial charge in [-0.05, 0) is 57.4 Å². The van der Waals surface area contributed by atoms with Crippen molar-refractivity contribution in [2.75, 3.05) is 40.9 Å². The van der Waals surface area contributed by atoms with Crippen LogP contribution in [0.1, 0.15) is 297 Å². The molecule has 0 aromatic carbocycles. The maximum atomic E-state index is 13.5. The van der Waals surface area contributed by atoms with E-state index >= 15 is 0 Å². The van der Waals surface area contributed by atoms with E-state index in [1.165, 1.54) is 193 Å². The number of allylic oxidation sites excluding steroid dienone is 5. The van der Waals surface area contributed by atoms with Crippen LogP contribution in [-0.4, -0.2) is 69.4 Å². The van der Waals surface area contributed by atoms with Crippen LogP contribution in [0.2, 0.25) is 0 Å². The summed E-state index contributed by atoms with van der Waals surface area (Å²) >= 11 is 0. The topological polar surface area (TPSA) is 114 Å². The van der Waals surface area contributed by atoms with E-state index in [9.17, 15) is 19.0 Å². The van der Waals surface area contributed by atoms with Gasteiger partial charge < -0.3 is 28.5 Å². The Hall–Kier alpha value is -1.77. The van der Waals surface area contributed by atoms with Gasteiger partial charge in [-0.15, -0.1) is 0 Å². The summed E-state index contributed by atoms with van der Waals surface area (Å²) in [6, 6.07) is -0.897. The van der Waals surface area contributed by atoms with Gasteiger partial charge in [-0.3, -0.25) is 14.2 Å². The zero-order valence-corrected chi connectivity index (χ0v) is 49.3. The normalized spacial score (nSPS) is 13.9. The van der Waals surface area contributed by atoms with Gasteiger partial charge in [0.2, 0.25) is 5.91 Å². The molecule has 0 aliphatic rings. The smallest absolute Gasteiger partial charge is 0.306 e. The molecule has 0 saturated carbocycles. The molecule has 0 rings (SSSR count). The van der Waals surface area contributed by atoms with E-state index < -0.39 is 26.6 Å². The average molecular weight is 1040 g/mol. The Labute approximate surface area is 446 Å². The van der Waals surface area contributed by atoms with Gasteiger partial charge in [0.1, 0.15) is 19.3 Å². The van der Waals surface area contributed by atoms with Crippen LogP contribution in [-0.2, 0) is 27.9 Å². The lowest BCUT2D eigenvalue weighted by atomic mass is 10.0. The minimum atomic E-state index is -4.70. The molecule has 0 bridgehead atoms. The van der Waals surface area contributed by atoms with Crippen LogP contribution in [0.5, 0.6) is 0 Å². The molecule has 0 saturated heterocycles. The SMILES string of the molecule is CCCCCCCCC/C=C/C=C/CCCCCC(=O)NC(COP(=O)([O-])OCC[N+](C)(C)C)C(/C=C/CCCCCCCCCCC)OC(=O)CCCCCCCCCCCCCCCCCCCCC. The van der Waals surface area contributed by atoms with E-state index in [0.29, 0.717) is 17.4 Å². The molecule has 0 radical (unpaired) electrons. The van der Waals surface area contributed by atoms with Crippen LogP contribution in [0.3, 0.4) is 0 Å². The molecular formula is C62H119N2O7P. The fraction of sp³-hybridized carbons (Fsp3) is 0.871. The monoisotopic (exact) mass is 1030 g/mol. The predicted molar refractivity (Wildman–Crippen MR) is 307 cm³/mol. The quantitative estimate of drug-likeness (QED) is 0.0161. The minimum absolute atomic E-state index is 0.0253. The first-order valence-corrected chi connectivity index (χ1v) is 32.3. The van der Waals surface area contributed by atoms with E-state index in [2.05, 4.69) is 50.4 Å². The lowest BCUT2D eigenvalue weighted by Gasteiger charge is -2.30. The third kappa shape index (κ3) is 53.1. The van der Waals surface area contributed by atoms with Crippen molar-refractivity contribution < 1.29 is 37.3 Å². The van der Waals surface area contributed by atoms with Crippen LogP contribution >= 0.6 is 7.82 Å². The number of hydrogen-bond acceptors (Lipinski definition) is 7. The molecule has 0 aromatic rings. The van der Waals surface area contributed by atoms with Crippen molar-refractivity contribution in [3.63, 3.8) is 0 Å². The summed E-state index contributed by atoms with van der Waals surface area (Å²) < 4.78 is 30.3. The first-order chi connectivity index (χ1) is 34.9. The summed E-state index contributed by atoms with van der Waals surface area (Å²) in [6.45, 7) is 6.84. The number of likely N-dealkylation sites (N-methyl/N-ethyl adjacent to an activating group) is 1. The predicted octanol–water partition coefficient (Wildman–Crippen LogP) is 18.1. The van der Waals surface area contributed by atoms with E-state index in [4.69, 9.17) is 13.8 Å². The van der Waals surface area contributed by atoms with E-state index in [1.807, 2.05) is 33.3 Å². The Bertz CT molecular complexity index is 1330. The molecule has 0 heterocycles. The molecule has 0 aliphatic heterocycles. The highest BCUT2D eigenvalue weighted by atomic mass is 31.2. The fourth-order valence-electron chi connectivity index (χ4n) is 9.04. The zero-order valence-electron chi connectivity index (χ0n) is 48.4.